The molecule has 1 atom stereocenters. The van der Waals surface area contributed by atoms with Gasteiger partial charge in [-0.3, -0.25) is 4.79 Å². The molecule has 1 rings (SSSR count). The molecule has 1 amide bonds. The second kappa shape index (κ2) is 9.34. The molecule has 0 aliphatic carbocycles. The van der Waals surface area contributed by atoms with Crippen molar-refractivity contribution in [3.8, 4) is 5.75 Å². The van der Waals surface area contributed by atoms with Gasteiger partial charge in [0.05, 0.1) is 6.61 Å². The monoisotopic (exact) mass is 280 g/mol. The third kappa shape index (κ3) is 6.04. The van der Waals surface area contributed by atoms with E-state index in [4.69, 9.17) is 15.2 Å². The summed E-state index contributed by atoms with van der Waals surface area (Å²) in [6.45, 7) is 3.59. The average molecular weight is 280 g/mol. The number of methoxy groups -OCH3 is 1. The van der Waals surface area contributed by atoms with E-state index in [1.54, 1.807) is 13.2 Å². The summed E-state index contributed by atoms with van der Waals surface area (Å²) in [5, 5.41) is 2.87. The van der Waals surface area contributed by atoms with Gasteiger partial charge < -0.3 is 20.5 Å². The zero-order valence-corrected chi connectivity index (χ0v) is 12.2. The summed E-state index contributed by atoms with van der Waals surface area (Å²) in [5.41, 5.74) is 6.34. The molecule has 0 heterocycles. The highest BCUT2D eigenvalue weighted by Gasteiger charge is 2.10. The predicted octanol–water partition coefficient (Wildman–Crippen LogP) is 2.03. The number of carbonyl (C=O) groups excluding carboxylic acids is 1. The first kappa shape index (κ1) is 16.5. The van der Waals surface area contributed by atoms with E-state index in [1.807, 2.05) is 25.1 Å². The fraction of sp³-hybridized carbons (Fsp3) is 0.533. The van der Waals surface area contributed by atoms with E-state index in [0.717, 1.165) is 12.1 Å². The Hall–Kier alpha value is -1.59. The number of hydrogen-bond donors (Lipinski definition) is 2. The van der Waals surface area contributed by atoms with E-state index >= 15 is 0 Å². The van der Waals surface area contributed by atoms with Crippen LogP contribution in [0.4, 0.5) is 5.69 Å². The standard InChI is InChI=1S/C15H24N2O3/c1-3-12(11-16)9-15(18)17-13-5-4-6-14(10-13)20-8-7-19-2/h4-6,10,12H,3,7-9,11,16H2,1-2H3,(H,17,18). The molecular formula is C15H24N2O3. The minimum atomic E-state index is -0.0173. The highest BCUT2D eigenvalue weighted by Crippen LogP contribution is 2.18. The number of amides is 1. The number of nitrogens with one attached hydrogen (secondary N) is 1. The number of ether oxygens (including phenoxy) is 2. The Kier molecular flexibility index (Phi) is 7.69. The number of nitrogens with two attached hydrogens (primary N) is 1. The normalized spacial score (nSPS) is 11.9. The van der Waals surface area contributed by atoms with Gasteiger partial charge in [-0.15, -0.1) is 0 Å². The lowest BCUT2D eigenvalue weighted by Gasteiger charge is -2.12. The largest absolute Gasteiger partial charge is 0.491 e. The Morgan fingerprint density at radius 3 is 2.85 bits per heavy atom. The number of rotatable bonds is 9. The Morgan fingerprint density at radius 1 is 1.40 bits per heavy atom. The van der Waals surface area contributed by atoms with Gasteiger partial charge in [-0.05, 0) is 24.6 Å². The van der Waals surface area contributed by atoms with Crippen LogP contribution in [0, 0.1) is 5.92 Å². The first-order valence-electron chi connectivity index (χ1n) is 6.91. The SMILES string of the molecule is CCC(CN)CC(=O)Nc1cccc(OCCOC)c1. The molecule has 0 radical (unpaired) electrons. The van der Waals surface area contributed by atoms with Gasteiger partial charge in [0.15, 0.2) is 0 Å². The van der Waals surface area contributed by atoms with Gasteiger partial charge in [0.25, 0.3) is 0 Å². The summed E-state index contributed by atoms with van der Waals surface area (Å²) in [4.78, 5) is 11.9. The van der Waals surface area contributed by atoms with Crippen molar-refractivity contribution in [2.45, 2.75) is 19.8 Å². The van der Waals surface area contributed by atoms with E-state index < -0.39 is 0 Å². The fourth-order valence-electron chi connectivity index (χ4n) is 1.78. The second-order valence-corrected chi connectivity index (χ2v) is 4.63. The Balaban J connectivity index is 2.50. The van der Waals surface area contributed by atoms with Gasteiger partial charge in [-0.2, -0.15) is 0 Å². The lowest BCUT2D eigenvalue weighted by atomic mass is 10.0. The summed E-state index contributed by atoms with van der Waals surface area (Å²) in [7, 11) is 1.63. The number of benzene rings is 1. The van der Waals surface area contributed by atoms with Crippen molar-refractivity contribution >= 4 is 11.6 Å². The zero-order chi connectivity index (χ0) is 14.8. The van der Waals surface area contributed by atoms with Crippen LogP contribution in [0.5, 0.6) is 5.75 Å². The highest BCUT2D eigenvalue weighted by molar-refractivity contribution is 5.91. The van der Waals surface area contributed by atoms with Crippen molar-refractivity contribution < 1.29 is 14.3 Å². The minimum absolute atomic E-state index is 0.0173. The van der Waals surface area contributed by atoms with Gasteiger partial charge in [-0.25, -0.2) is 0 Å². The van der Waals surface area contributed by atoms with Crippen LogP contribution in [0.25, 0.3) is 0 Å². The smallest absolute Gasteiger partial charge is 0.224 e. The van der Waals surface area contributed by atoms with Crippen molar-refractivity contribution in [3.63, 3.8) is 0 Å². The van der Waals surface area contributed by atoms with Crippen LogP contribution in [0.3, 0.4) is 0 Å². The van der Waals surface area contributed by atoms with E-state index in [0.29, 0.717) is 31.9 Å². The molecule has 5 heteroatoms. The first-order valence-corrected chi connectivity index (χ1v) is 6.91. The van der Waals surface area contributed by atoms with E-state index in [2.05, 4.69) is 5.32 Å². The molecule has 0 spiro atoms. The molecule has 112 valence electrons. The van der Waals surface area contributed by atoms with Crippen LogP contribution < -0.4 is 15.8 Å². The Labute approximate surface area is 120 Å². The second-order valence-electron chi connectivity index (χ2n) is 4.63. The maximum absolute atomic E-state index is 11.9. The Bertz CT molecular complexity index is 406. The maximum Gasteiger partial charge on any atom is 0.224 e. The first-order chi connectivity index (χ1) is 9.69. The summed E-state index contributed by atoms with van der Waals surface area (Å²) in [5.74, 6) is 0.929. The van der Waals surface area contributed by atoms with Crippen molar-refractivity contribution in [3.05, 3.63) is 24.3 Å². The molecule has 20 heavy (non-hydrogen) atoms. The summed E-state index contributed by atoms with van der Waals surface area (Å²) in [6, 6.07) is 7.33. The summed E-state index contributed by atoms with van der Waals surface area (Å²) in [6.07, 6.45) is 1.35. The maximum atomic E-state index is 11.9. The van der Waals surface area contributed by atoms with E-state index in [1.165, 1.54) is 0 Å². The number of hydrogen-bond acceptors (Lipinski definition) is 4. The lowest BCUT2D eigenvalue weighted by molar-refractivity contribution is -0.117. The molecule has 1 aromatic rings. The minimum Gasteiger partial charge on any atom is -0.491 e. The molecule has 0 aliphatic rings. The molecule has 0 saturated carbocycles. The highest BCUT2D eigenvalue weighted by atomic mass is 16.5. The van der Waals surface area contributed by atoms with Gasteiger partial charge in [-0.1, -0.05) is 19.4 Å². The van der Waals surface area contributed by atoms with Crippen molar-refractivity contribution in [1.29, 1.82) is 0 Å². The van der Waals surface area contributed by atoms with Gasteiger partial charge >= 0.3 is 0 Å². The van der Waals surface area contributed by atoms with Gasteiger partial charge in [0, 0.05) is 25.3 Å². The van der Waals surface area contributed by atoms with Crippen LogP contribution in [0.1, 0.15) is 19.8 Å². The Morgan fingerprint density at radius 2 is 2.20 bits per heavy atom. The third-order valence-corrected chi connectivity index (χ3v) is 3.06. The number of anilines is 1. The summed E-state index contributed by atoms with van der Waals surface area (Å²) < 4.78 is 10.4. The van der Waals surface area contributed by atoms with Crippen LogP contribution in [0.2, 0.25) is 0 Å². The van der Waals surface area contributed by atoms with Crippen LogP contribution in [-0.2, 0) is 9.53 Å². The molecule has 0 bridgehead atoms. The molecule has 3 N–H and O–H groups in total. The molecule has 5 nitrogen and oxygen atoms in total. The van der Waals surface area contributed by atoms with Gasteiger partial charge in [0.2, 0.25) is 5.91 Å². The van der Waals surface area contributed by atoms with Crippen molar-refractivity contribution in [1.82, 2.24) is 0 Å². The molecule has 0 aliphatic heterocycles. The molecule has 1 unspecified atom stereocenters. The molecule has 0 fully saturated rings. The van der Waals surface area contributed by atoms with E-state index in [9.17, 15) is 4.79 Å². The predicted molar refractivity (Wildman–Crippen MR) is 79.9 cm³/mol. The van der Waals surface area contributed by atoms with Crippen molar-refractivity contribution in [2.75, 3.05) is 32.2 Å². The van der Waals surface area contributed by atoms with Crippen molar-refractivity contribution in [2.24, 2.45) is 11.7 Å². The van der Waals surface area contributed by atoms with E-state index in [-0.39, 0.29) is 11.8 Å². The molecule has 1 aromatic carbocycles. The topological polar surface area (TPSA) is 73.6 Å². The average Bonchev–Trinajstić information content (AvgIpc) is 2.45. The molecular weight excluding hydrogens is 256 g/mol. The molecule has 0 saturated heterocycles. The van der Waals surface area contributed by atoms with Crippen LogP contribution in [0.15, 0.2) is 24.3 Å². The number of carbonyl (C=O) groups is 1. The fourth-order valence-corrected chi connectivity index (χ4v) is 1.78. The zero-order valence-electron chi connectivity index (χ0n) is 12.2. The summed E-state index contributed by atoms with van der Waals surface area (Å²) >= 11 is 0. The third-order valence-electron chi connectivity index (χ3n) is 3.06. The lowest BCUT2D eigenvalue weighted by Crippen LogP contribution is -2.21. The quantitative estimate of drug-likeness (QED) is 0.679. The van der Waals surface area contributed by atoms with Crippen LogP contribution in [-0.4, -0.2) is 32.8 Å². The van der Waals surface area contributed by atoms with Crippen LogP contribution >= 0.6 is 0 Å². The molecule has 0 aromatic heterocycles. The van der Waals surface area contributed by atoms with Gasteiger partial charge in [0.1, 0.15) is 12.4 Å².